The van der Waals surface area contributed by atoms with Crippen LogP contribution in [-0.2, 0) is 11.2 Å². The van der Waals surface area contributed by atoms with Crippen molar-refractivity contribution < 1.29 is 98.6 Å². The summed E-state index contributed by atoms with van der Waals surface area (Å²) >= 11 is 0. The van der Waals surface area contributed by atoms with Gasteiger partial charge in [-0.15, -0.1) is 0 Å². The number of pyridine rings is 1. The van der Waals surface area contributed by atoms with Crippen molar-refractivity contribution in [2.45, 2.75) is 50.6 Å². The normalized spacial score (nSPS) is 16.3. The molecule has 0 saturated heterocycles. The summed E-state index contributed by atoms with van der Waals surface area (Å²) in [6, 6.07) is 33.2. The zero-order valence-corrected chi connectivity index (χ0v) is 40.3. The number of fused-ring (bicyclic) bond motifs is 4. The first-order valence-corrected chi connectivity index (χ1v) is 21.7. The zero-order valence-electron chi connectivity index (χ0n) is 38.3. The second-order valence-corrected chi connectivity index (χ2v) is 15.8. The molecule has 5 heterocycles. The number of carbonyl (C=O) groups excluding carboxylic acids is 1. The summed E-state index contributed by atoms with van der Waals surface area (Å²) in [4.78, 5) is 42.7. The Balaban J connectivity index is 0.000000190. The molecule has 3 aromatic heterocycles. The minimum Gasteiger partial charge on any atom is -0.508 e. The molecule has 0 spiro atoms. The number of rotatable bonds is 9. The average Bonchev–Trinajstić information content (AvgIpc) is 3.96. The molecule has 2 aliphatic rings. The summed E-state index contributed by atoms with van der Waals surface area (Å²) in [6.45, 7) is 1.49. The van der Waals surface area contributed by atoms with Crippen LogP contribution in [0.1, 0.15) is 75.1 Å². The number of aliphatic hydroxyl groups is 2. The van der Waals surface area contributed by atoms with Gasteiger partial charge < -0.3 is 64.7 Å². The number of methoxy groups -OCH3 is 1. The smallest absolute Gasteiger partial charge is 0.508 e. The summed E-state index contributed by atoms with van der Waals surface area (Å²) in [7, 11) is 1.41. The Morgan fingerprint density at radius 3 is 1.89 bits per heavy atom. The molecule has 0 amide bonds. The molecule has 356 valence electrons. The number of phenolic OH excluding ortho intramolecular Hbond substituents is 3. The van der Waals surface area contributed by atoms with E-state index in [1.165, 1.54) is 64.4 Å². The first kappa shape index (κ1) is 51.8. The van der Waals surface area contributed by atoms with Gasteiger partial charge in [-0.25, -0.2) is 9.78 Å². The number of carbonyl (C=O) groups is 3. The van der Waals surface area contributed by atoms with Gasteiger partial charge in [0.15, 0.2) is 47.4 Å². The Morgan fingerprint density at radius 1 is 0.714 bits per heavy atom. The van der Waals surface area contributed by atoms with E-state index in [9.17, 15) is 39.9 Å². The molecule has 18 heteroatoms. The number of aliphatic carboxylic acids is 1. The van der Waals surface area contributed by atoms with Gasteiger partial charge in [0, 0.05) is 70.9 Å². The molecule has 70 heavy (non-hydrogen) atoms. The quantitative estimate of drug-likeness (QED) is 0.0836. The van der Waals surface area contributed by atoms with E-state index in [1.54, 1.807) is 42.5 Å². The van der Waals surface area contributed by atoms with E-state index in [0.29, 0.717) is 23.3 Å². The van der Waals surface area contributed by atoms with Crippen LogP contribution in [0.25, 0.3) is 21.8 Å². The van der Waals surface area contributed by atoms with Crippen LogP contribution in [0.15, 0.2) is 134 Å². The second kappa shape index (κ2) is 23.7. The van der Waals surface area contributed by atoms with Gasteiger partial charge in [-0.05, 0) is 71.6 Å². The van der Waals surface area contributed by atoms with Crippen LogP contribution in [0.5, 0.6) is 40.2 Å². The van der Waals surface area contributed by atoms with Crippen LogP contribution in [0.4, 0.5) is 0 Å². The van der Waals surface area contributed by atoms with Crippen molar-refractivity contribution in [3.63, 3.8) is 0 Å². The van der Waals surface area contributed by atoms with Crippen LogP contribution < -0.4 is 48.5 Å². The van der Waals surface area contributed by atoms with E-state index < -0.39 is 47.9 Å². The molecule has 17 nitrogen and oxygen atoms in total. The number of H-pyrrole nitrogens is 2. The average molecular weight is 963 g/mol. The Bertz CT molecular complexity index is 3010. The molecule has 8 aromatic rings. The van der Waals surface area contributed by atoms with Gasteiger partial charge in [0.05, 0.1) is 13.7 Å². The number of aromatic carboxylic acids is 1. The first-order valence-electron chi connectivity index (χ1n) is 21.7. The summed E-state index contributed by atoms with van der Waals surface area (Å²) < 4.78 is 23.0. The third-order valence-electron chi connectivity index (χ3n) is 11.1. The number of Topliss-reactive ketones (excluding diaryl/α,β-unsaturated/α-hetero) is 1. The third kappa shape index (κ3) is 12.0. The molecule has 10 rings (SSSR count). The van der Waals surface area contributed by atoms with Crippen molar-refractivity contribution in [3.05, 3.63) is 167 Å². The number of hydrogen-bond donors (Lipinski definition) is 9. The van der Waals surface area contributed by atoms with Gasteiger partial charge >= 0.3 is 41.5 Å². The first-order chi connectivity index (χ1) is 33.3. The number of aliphatic hydroxyl groups excluding tert-OH is 2. The molecule has 0 aliphatic carbocycles. The fourth-order valence-electron chi connectivity index (χ4n) is 7.74. The minimum atomic E-state index is -1.62. The maximum atomic E-state index is 12.7. The number of aromatic nitrogens is 3. The number of aromatic amines is 2. The SMILES string of the molecule is CCCC(=O)O.COc1cc([C@H]2Oc3cc([C@H]4Oc5cc(O)cc(O)c5C(=O)[C@@H]4O)ccc3O[C@@H]2CO)ccc1O.O=C(O)c1ccccn1.[Na+].c1ccc2c(Cc3c[nH]c4ccccc34)c[nH]c2c1. The molecule has 5 aromatic carbocycles. The van der Waals surface area contributed by atoms with Gasteiger partial charge in [0.2, 0.25) is 5.78 Å². The minimum absolute atomic E-state index is 0. The van der Waals surface area contributed by atoms with Crippen molar-refractivity contribution in [1.29, 1.82) is 0 Å². The van der Waals surface area contributed by atoms with E-state index >= 15 is 0 Å². The number of ketones is 1. The number of aromatic hydroxyl groups is 3. The van der Waals surface area contributed by atoms with Gasteiger partial charge in [0.1, 0.15) is 28.5 Å². The fraction of sp³-hybridized carbons (Fsp3) is 0.192. The maximum Gasteiger partial charge on any atom is 1.00 e. The van der Waals surface area contributed by atoms with Gasteiger partial charge in [-0.3, -0.25) is 9.59 Å². The van der Waals surface area contributed by atoms with Gasteiger partial charge in [-0.2, -0.15) is 0 Å². The molecule has 0 bridgehead atoms. The number of ether oxygens (including phenoxy) is 4. The predicted octanol–water partition coefficient (Wildman–Crippen LogP) is 5.26. The molecule has 0 saturated carbocycles. The number of benzene rings is 5. The van der Waals surface area contributed by atoms with Crippen LogP contribution in [0, 0.1) is 0 Å². The van der Waals surface area contributed by atoms with Crippen LogP contribution in [0.2, 0.25) is 0 Å². The number of phenols is 3. The van der Waals surface area contributed by atoms with E-state index in [1.807, 2.05) is 6.92 Å². The molecule has 0 radical (unpaired) electrons. The van der Waals surface area contributed by atoms with Gasteiger partial charge in [0.25, 0.3) is 0 Å². The summed E-state index contributed by atoms with van der Waals surface area (Å²) in [5.41, 5.74) is 5.94. The molecule has 0 fully saturated rings. The van der Waals surface area contributed by atoms with E-state index in [2.05, 4.69) is 75.9 Å². The summed E-state index contributed by atoms with van der Waals surface area (Å²) in [6.07, 6.45) is 3.38. The van der Waals surface area contributed by atoms with Crippen molar-refractivity contribution in [1.82, 2.24) is 15.0 Å². The van der Waals surface area contributed by atoms with E-state index in [4.69, 9.17) is 29.2 Å². The van der Waals surface area contributed by atoms with E-state index in [-0.39, 0.29) is 76.2 Å². The molecule has 2 aliphatic heterocycles. The van der Waals surface area contributed by atoms with Crippen molar-refractivity contribution in [3.8, 4) is 40.2 Å². The Labute approximate surface area is 422 Å². The summed E-state index contributed by atoms with van der Waals surface area (Å²) in [5, 5.41) is 69.1. The number of carboxylic acid groups (broad SMARTS) is 2. The Morgan fingerprint density at radius 2 is 1.33 bits per heavy atom. The number of hydrogen-bond acceptors (Lipinski definition) is 13. The summed E-state index contributed by atoms with van der Waals surface area (Å²) in [5.74, 6) is -2.52. The van der Waals surface area contributed by atoms with E-state index in [0.717, 1.165) is 18.9 Å². The molecular formula is C52H49N3NaO14+. The van der Waals surface area contributed by atoms with Crippen molar-refractivity contribution >= 4 is 39.5 Å². The molecule has 4 atom stereocenters. The fourth-order valence-corrected chi connectivity index (χ4v) is 7.74. The third-order valence-corrected chi connectivity index (χ3v) is 11.1. The largest absolute Gasteiger partial charge is 1.00 e. The monoisotopic (exact) mass is 962 g/mol. The number of carboxylic acids is 2. The van der Waals surface area contributed by atoms with Gasteiger partial charge in [-0.1, -0.05) is 61.5 Å². The Kier molecular flexibility index (Phi) is 17.5. The van der Waals surface area contributed by atoms with Crippen molar-refractivity contribution in [2.24, 2.45) is 0 Å². The predicted molar refractivity (Wildman–Crippen MR) is 253 cm³/mol. The maximum absolute atomic E-state index is 12.7. The zero-order chi connectivity index (χ0) is 49.2. The number of para-hydroxylation sites is 2. The molecular weight excluding hydrogens is 914 g/mol. The van der Waals surface area contributed by atoms with Crippen LogP contribution >= 0.6 is 0 Å². The topological polar surface area (TPSA) is 274 Å². The number of nitrogens with one attached hydrogen (secondary N) is 2. The second-order valence-electron chi connectivity index (χ2n) is 15.8. The molecule has 0 unspecified atom stereocenters. The van der Waals surface area contributed by atoms with Crippen LogP contribution in [-0.4, -0.2) is 94.3 Å². The number of nitrogens with zero attached hydrogens (tertiary/aromatic N) is 1. The standard InChI is InChI=1S/C25H22O10.C17H14N2.C6H5NO2.C4H8O2.Na/c1-32-17-6-11(2-4-14(17)28)24-20(10-26)33-16-5-3-12(7-18(16)34-24)25-23(31)22(30)21-15(29)8-13(27)9-19(21)35-25;1-3-7-16-14(5-1)12(10-18-16)9-13-11-19-17-8-4-2-6-15(13)17;8-6(9)5-3-1-2-4-7-5;1-2-3-4(5)6;/h2-9,20,23-29,31H,10H2,1H3;1-8,10-11,18-19H,9H2;1-4H,(H,8,9);2-3H2,1H3,(H,5,6);/q;;;;+1/t20-,23+,24-,25-;;;;/m1..../s1. The Hall–Kier alpha value is -7.54. The molecule has 9 N–H and O–H groups in total. The van der Waals surface area contributed by atoms with Crippen LogP contribution in [0.3, 0.4) is 0 Å². The van der Waals surface area contributed by atoms with Crippen molar-refractivity contribution in [2.75, 3.05) is 13.7 Å².